The van der Waals surface area contributed by atoms with Crippen molar-refractivity contribution in [3.05, 3.63) is 82.9 Å². The molecule has 0 N–H and O–H groups in total. The van der Waals surface area contributed by atoms with Crippen molar-refractivity contribution in [1.29, 1.82) is 0 Å². The first-order valence-corrected chi connectivity index (χ1v) is 10.6. The van der Waals surface area contributed by atoms with Crippen LogP contribution in [-0.2, 0) is 19.0 Å². The monoisotopic (exact) mass is 450 g/mol. The predicted octanol–water partition coefficient (Wildman–Crippen LogP) is 4.37. The molecule has 33 heavy (non-hydrogen) atoms. The fourth-order valence-electron chi connectivity index (χ4n) is 4.66. The van der Waals surface area contributed by atoms with Gasteiger partial charge in [-0.05, 0) is 55.3 Å². The maximum atomic E-state index is 12.7. The first-order valence-electron chi connectivity index (χ1n) is 10.6. The smallest absolute Gasteiger partial charge is 0.374 e. The number of esters is 3. The molecule has 170 valence electrons. The lowest BCUT2D eigenvalue weighted by Crippen LogP contribution is -2.50. The molecule has 8 heteroatoms. The second kappa shape index (κ2) is 7.65. The van der Waals surface area contributed by atoms with Gasteiger partial charge in [0.25, 0.3) is 0 Å². The molecule has 0 aromatic carbocycles. The van der Waals surface area contributed by atoms with E-state index in [-0.39, 0.29) is 23.4 Å². The molecule has 8 nitrogen and oxygen atoms in total. The Bertz CT molecular complexity index is 1210. The molecule has 3 heterocycles. The van der Waals surface area contributed by atoms with Crippen LogP contribution in [0.4, 0.5) is 0 Å². The van der Waals surface area contributed by atoms with Gasteiger partial charge < -0.3 is 23.0 Å². The topological polar surface area (TPSA) is 105 Å². The molecule has 2 aromatic rings. The third-order valence-corrected chi connectivity index (χ3v) is 6.85. The molecule has 0 saturated carbocycles. The molecule has 3 aliphatic rings. The third kappa shape index (κ3) is 3.42. The minimum Gasteiger partial charge on any atom is -0.457 e. The molecule has 0 bridgehead atoms. The van der Waals surface area contributed by atoms with Gasteiger partial charge in [0.15, 0.2) is 6.10 Å². The van der Waals surface area contributed by atoms with E-state index in [4.69, 9.17) is 23.0 Å². The van der Waals surface area contributed by atoms with Crippen LogP contribution < -0.4 is 0 Å². The Labute approximate surface area is 189 Å². The molecular formula is C25H22O8. The Balaban J connectivity index is 1.53. The summed E-state index contributed by atoms with van der Waals surface area (Å²) in [5, 5.41) is 0. The van der Waals surface area contributed by atoms with E-state index < -0.39 is 29.6 Å². The van der Waals surface area contributed by atoms with Crippen molar-refractivity contribution in [3.8, 4) is 0 Å². The lowest BCUT2D eigenvalue weighted by Gasteiger charge is -2.48. The second-order valence-corrected chi connectivity index (χ2v) is 8.70. The number of hydrogen-bond donors (Lipinski definition) is 0. The van der Waals surface area contributed by atoms with Crippen molar-refractivity contribution in [3.63, 3.8) is 0 Å². The van der Waals surface area contributed by atoms with Gasteiger partial charge in [0.2, 0.25) is 11.5 Å². The van der Waals surface area contributed by atoms with Crippen LogP contribution in [0.3, 0.4) is 0 Å². The van der Waals surface area contributed by atoms with Gasteiger partial charge in [0, 0.05) is 22.5 Å². The maximum absolute atomic E-state index is 12.7. The highest BCUT2D eigenvalue weighted by atomic mass is 16.6. The molecule has 1 aliphatic heterocycles. The molecule has 0 unspecified atom stereocenters. The zero-order chi connectivity index (χ0) is 23.3. The van der Waals surface area contributed by atoms with Crippen LogP contribution in [0.1, 0.15) is 48.3 Å². The molecule has 0 amide bonds. The number of rotatable bonds is 4. The first-order chi connectivity index (χ1) is 15.8. The van der Waals surface area contributed by atoms with Gasteiger partial charge in [-0.25, -0.2) is 14.4 Å². The van der Waals surface area contributed by atoms with Crippen LogP contribution in [0.2, 0.25) is 0 Å². The van der Waals surface area contributed by atoms with E-state index in [1.807, 2.05) is 19.9 Å². The third-order valence-electron chi connectivity index (χ3n) is 6.85. The molecule has 0 fully saturated rings. The van der Waals surface area contributed by atoms with E-state index in [9.17, 15) is 14.4 Å². The summed E-state index contributed by atoms with van der Waals surface area (Å²) in [4.78, 5) is 37.5. The number of carbonyl (C=O) groups is 3. The summed E-state index contributed by atoms with van der Waals surface area (Å²) < 4.78 is 27.3. The minimum absolute atomic E-state index is 0.0399. The minimum atomic E-state index is -0.889. The summed E-state index contributed by atoms with van der Waals surface area (Å²) >= 11 is 0. The Morgan fingerprint density at radius 1 is 1.06 bits per heavy atom. The first kappa shape index (κ1) is 21.1. The van der Waals surface area contributed by atoms with Gasteiger partial charge in [-0.1, -0.05) is 13.8 Å². The molecule has 0 spiro atoms. The van der Waals surface area contributed by atoms with Gasteiger partial charge in [0.1, 0.15) is 11.9 Å². The number of hydrogen-bond acceptors (Lipinski definition) is 8. The second-order valence-electron chi connectivity index (χ2n) is 8.70. The highest BCUT2D eigenvalue weighted by Crippen LogP contribution is 2.54. The van der Waals surface area contributed by atoms with Gasteiger partial charge >= 0.3 is 17.9 Å². The predicted molar refractivity (Wildman–Crippen MR) is 113 cm³/mol. The Morgan fingerprint density at radius 2 is 1.70 bits per heavy atom. The van der Waals surface area contributed by atoms with Crippen molar-refractivity contribution in [2.45, 2.75) is 39.4 Å². The highest BCUT2D eigenvalue weighted by molar-refractivity contribution is 5.94. The van der Waals surface area contributed by atoms with Crippen molar-refractivity contribution in [2.75, 3.05) is 0 Å². The summed E-state index contributed by atoms with van der Waals surface area (Å²) in [6, 6.07) is 6.18. The SMILES string of the molecule is CC1=C2C[C@@]3(C)C(=C[C@H](OC(=O)c4ccco4)[C@H](OC(=O)c4ccco4)[C@@H]3C)C=C2OC1=O. The zero-order valence-corrected chi connectivity index (χ0v) is 18.3. The Hall–Kier alpha value is -3.81. The number of ether oxygens (including phenoxy) is 3. The van der Waals surface area contributed by atoms with Crippen molar-refractivity contribution in [1.82, 2.24) is 0 Å². The molecular weight excluding hydrogens is 428 g/mol. The number of furan rings is 2. The van der Waals surface area contributed by atoms with Gasteiger partial charge in [0.05, 0.1) is 12.5 Å². The summed E-state index contributed by atoms with van der Waals surface area (Å²) in [5.41, 5.74) is 1.77. The van der Waals surface area contributed by atoms with Gasteiger partial charge in [-0.2, -0.15) is 0 Å². The zero-order valence-electron chi connectivity index (χ0n) is 18.3. The van der Waals surface area contributed by atoms with Crippen LogP contribution in [-0.4, -0.2) is 30.1 Å². The van der Waals surface area contributed by atoms with Gasteiger partial charge in [-0.15, -0.1) is 0 Å². The standard InChI is InChI=1S/C25H22O8/c1-13-16-12-25(3)14(2)21(33-24(28)18-7-5-9-30-18)20(32-23(27)17-6-4-8-29-17)11-15(25)10-19(16)31-22(13)26/h4-11,14,20-21H,12H2,1-3H3/t14-,20-,21+,25+/m0/s1. The van der Waals surface area contributed by atoms with Crippen LogP contribution in [0.15, 0.2) is 80.3 Å². The molecule has 2 aliphatic carbocycles. The van der Waals surface area contributed by atoms with E-state index in [1.165, 1.54) is 24.7 Å². The summed E-state index contributed by atoms with van der Waals surface area (Å²) in [7, 11) is 0. The Kier molecular flexibility index (Phi) is 4.88. The van der Waals surface area contributed by atoms with Crippen LogP contribution in [0.25, 0.3) is 0 Å². The van der Waals surface area contributed by atoms with Crippen molar-refractivity contribution < 1.29 is 37.4 Å². The fourth-order valence-corrected chi connectivity index (χ4v) is 4.66. The van der Waals surface area contributed by atoms with Crippen LogP contribution in [0.5, 0.6) is 0 Å². The van der Waals surface area contributed by atoms with E-state index in [2.05, 4.69) is 0 Å². The van der Waals surface area contributed by atoms with Gasteiger partial charge in [-0.3, -0.25) is 0 Å². The molecule has 5 rings (SSSR count). The molecule has 0 radical (unpaired) electrons. The van der Waals surface area contributed by atoms with Crippen molar-refractivity contribution in [2.24, 2.45) is 11.3 Å². The number of allylic oxidation sites excluding steroid dienone is 3. The Morgan fingerprint density at radius 3 is 2.30 bits per heavy atom. The van der Waals surface area contributed by atoms with E-state index in [0.717, 1.165) is 11.1 Å². The lowest BCUT2D eigenvalue weighted by molar-refractivity contribution is -0.133. The summed E-state index contributed by atoms with van der Waals surface area (Å²) in [6.45, 7) is 5.72. The largest absolute Gasteiger partial charge is 0.457 e. The molecule has 4 atom stereocenters. The number of fused-ring (bicyclic) bond motifs is 2. The average Bonchev–Trinajstić information content (AvgIpc) is 3.54. The quantitative estimate of drug-likeness (QED) is 0.500. The fraction of sp³-hybridized carbons (Fsp3) is 0.320. The molecule has 2 aromatic heterocycles. The van der Waals surface area contributed by atoms with Crippen LogP contribution in [0, 0.1) is 11.3 Å². The molecule has 0 saturated heterocycles. The summed E-state index contributed by atoms with van der Waals surface area (Å²) in [6.07, 6.45) is 5.16. The van der Waals surface area contributed by atoms with Crippen LogP contribution >= 0.6 is 0 Å². The van der Waals surface area contributed by atoms with E-state index in [0.29, 0.717) is 17.8 Å². The highest BCUT2D eigenvalue weighted by Gasteiger charge is 2.52. The number of carbonyl (C=O) groups excluding carboxylic acids is 3. The van der Waals surface area contributed by atoms with E-state index in [1.54, 1.807) is 25.1 Å². The van der Waals surface area contributed by atoms with E-state index >= 15 is 0 Å². The average molecular weight is 450 g/mol. The lowest BCUT2D eigenvalue weighted by atomic mass is 9.60. The van der Waals surface area contributed by atoms with Crippen molar-refractivity contribution >= 4 is 17.9 Å². The summed E-state index contributed by atoms with van der Waals surface area (Å²) in [5.74, 6) is -1.37. The normalized spacial score (nSPS) is 28.3. The maximum Gasteiger partial charge on any atom is 0.374 e.